The van der Waals surface area contributed by atoms with Crippen LogP contribution >= 0.6 is 0 Å². The molecule has 0 heterocycles. The van der Waals surface area contributed by atoms with Gasteiger partial charge >= 0.3 is 0 Å². The number of benzene rings is 2. The van der Waals surface area contributed by atoms with E-state index < -0.39 is 0 Å². The van der Waals surface area contributed by atoms with Gasteiger partial charge in [0.1, 0.15) is 17.2 Å². The molecule has 2 rings (SSSR count). The van der Waals surface area contributed by atoms with Crippen LogP contribution in [0.25, 0.3) is 0 Å². The van der Waals surface area contributed by atoms with E-state index in [1.165, 1.54) is 5.56 Å². The molecule has 104 valence electrons. The van der Waals surface area contributed by atoms with Gasteiger partial charge < -0.3 is 9.47 Å². The highest BCUT2D eigenvalue weighted by molar-refractivity contribution is 5.36. The Morgan fingerprint density at radius 1 is 0.900 bits per heavy atom. The standard InChI is InChI=1S/C18H20O2/c1-3-5-14-19-16-10-12-18(13-11-16)20-17-8-6-15(4-2)7-9-17/h3,6-13H,1,4-5,14H2,2H3. The van der Waals surface area contributed by atoms with Crippen LogP contribution in [-0.4, -0.2) is 6.61 Å². The fourth-order valence-corrected chi connectivity index (χ4v) is 1.79. The average Bonchev–Trinajstić information content (AvgIpc) is 2.50. The molecule has 2 aromatic rings. The molecule has 0 N–H and O–H groups in total. The van der Waals surface area contributed by atoms with Crippen molar-refractivity contribution in [3.63, 3.8) is 0 Å². The molecule has 2 nitrogen and oxygen atoms in total. The molecule has 0 amide bonds. The van der Waals surface area contributed by atoms with Gasteiger partial charge in [0.2, 0.25) is 0 Å². The van der Waals surface area contributed by atoms with Gasteiger partial charge in [-0.2, -0.15) is 0 Å². The number of hydrogen-bond acceptors (Lipinski definition) is 2. The van der Waals surface area contributed by atoms with E-state index in [1.54, 1.807) is 0 Å². The van der Waals surface area contributed by atoms with Crippen molar-refractivity contribution in [2.45, 2.75) is 19.8 Å². The first-order chi connectivity index (χ1) is 9.81. The van der Waals surface area contributed by atoms with Crippen LogP contribution in [-0.2, 0) is 6.42 Å². The number of rotatable bonds is 7. The van der Waals surface area contributed by atoms with Gasteiger partial charge in [0.25, 0.3) is 0 Å². The molecule has 0 spiro atoms. The highest BCUT2D eigenvalue weighted by atomic mass is 16.5. The highest BCUT2D eigenvalue weighted by Crippen LogP contribution is 2.24. The zero-order valence-electron chi connectivity index (χ0n) is 11.8. The Kier molecular flexibility index (Phi) is 5.24. The van der Waals surface area contributed by atoms with Crippen molar-refractivity contribution in [1.82, 2.24) is 0 Å². The van der Waals surface area contributed by atoms with E-state index in [0.717, 1.165) is 30.1 Å². The van der Waals surface area contributed by atoms with E-state index in [4.69, 9.17) is 9.47 Å². The lowest BCUT2D eigenvalue weighted by atomic mass is 10.2. The largest absolute Gasteiger partial charge is 0.493 e. The molecule has 0 fully saturated rings. The van der Waals surface area contributed by atoms with Gasteiger partial charge in [0, 0.05) is 0 Å². The monoisotopic (exact) mass is 268 g/mol. The Balaban J connectivity index is 1.93. The van der Waals surface area contributed by atoms with E-state index in [-0.39, 0.29) is 0 Å². The zero-order valence-corrected chi connectivity index (χ0v) is 11.8. The Labute approximate surface area is 120 Å². The van der Waals surface area contributed by atoms with Gasteiger partial charge in [0.05, 0.1) is 6.61 Å². The molecule has 0 atom stereocenters. The predicted octanol–water partition coefficient (Wildman–Crippen LogP) is 5.00. The van der Waals surface area contributed by atoms with Crippen molar-refractivity contribution in [1.29, 1.82) is 0 Å². The van der Waals surface area contributed by atoms with Crippen molar-refractivity contribution in [3.05, 3.63) is 66.7 Å². The number of hydrogen-bond donors (Lipinski definition) is 0. The molecule has 0 unspecified atom stereocenters. The molecular formula is C18H20O2. The Morgan fingerprint density at radius 3 is 2.00 bits per heavy atom. The molecule has 20 heavy (non-hydrogen) atoms. The SMILES string of the molecule is C=CCCOc1ccc(Oc2ccc(CC)cc2)cc1. The summed E-state index contributed by atoms with van der Waals surface area (Å²) in [5.74, 6) is 2.51. The van der Waals surface area contributed by atoms with E-state index in [0.29, 0.717) is 6.61 Å². The highest BCUT2D eigenvalue weighted by Gasteiger charge is 1.99. The smallest absolute Gasteiger partial charge is 0.127 e. The first kappa shape index (κ1) is 14.2. The van der Waals surface area contributed by atoms with Crippen LogP contribution in [0.15, 0.2) is 61.2 Å². The third-order valence-electron chi connectivity index (χ3n) is 2.98. The van der Waals surface area contributed by atoms with Crippen LogP contribution in [0.1, 0.15) is 18.9 Å². The van der Waals surface area contributed by atoms with Gasteiger partial charge in [-0.05, 0) is 54.8 Å². The van der Waals surface area contributed by atoms with Crippen molar-refractivity contribution >= 4 is 0 Å². The van der Waals surface area contributed by atoms with Crippen molar-refractivity contribution < 1.29 is 9.47 Å². The second-order valence-corrected chi connectivity index (χ2v) is 4.50. The Hall–Kier alpha value is -2.22. The summed E-state index contributed by atoms with van der Waals surface area (Å²) in [5.41, 5.74) is 1.31. The molecule has 0 saturated heterocycles. The second-order valence-electron chi connectivity index (χ2n) is 4.50. The molecular weight excluding hydrogens is 248 g/mol. The first-order valence-corrected chi connectivity index (χ1v) is 6.92. The number of ether oxygens (including phenoxy) is 2. The summed E-state index contributed by atoms with van der Waals surface area (Å²) in [6.07, 6.45) is 3.73. The van der Waals surface area contributed by atoms with Crippen molar-refractivity contribution in [2.24, 2.45) is 0 Å². The third-order valence-corrected chi connectivity index (χ3v) is 2.98. The van der Waals surface area contributed by atoms with E-state index in [1.807, 2.05) is 42.5 Å². The summed E-state index contributed by atoms with van der Waals surface area (Å²) in [4.78, 5) is 0. The fraction of sp³-hybridized carbons (Fsp3) is 0.222. The summed E-state index contributed by atoms with van der Waals surface area (Å²) in [6.45, 7) is 6.46. The van der Waals surface area contributed by atoms with Crippen LogP contribution in [0.4, 0.5) is 0 Å². The maximum absolute atomic E-state index is 5.79. The van der Waals surface area contributed by atoms with Gasteiger partial charge in [-0.25, -0.2) is 0 Å². The minimum absolute atomic E-state index is 0.655. The minimum Gasteiger partial charge on any atom is -0.493 e. The lowest BCUT2D eigenvalue weighted by Crippen LogP contribution is -1.95. The van der Waals surface area contributed by atoms with Crippen LogP contribution in [0.5, 0.6) is 17.2 Å². The van der Waals surface area contributed by atoms with E-state index in [9.17, 15) is 0 Å². The lowest BCUT2D eigenvalue weighted by Gasteiger charge is -2.08. The fourth-order valence-electron chi connectivity index (χ4n) is 1.79. The van der Waals surface area contributed by atoms with Crippen molar-refractivity contribution in [2.75, 3.05) is 6.61 Å². The lowest BCUT2D eigenvalue weighted by molar-refractivity contribution is 0.324. The maximum Gasteiger partial charge on any atom is 0.127 e. The van der Waals surface area contributed by atoms with Crippen LogP contribution in [0.3, 0.4) is 0 Å². The summed E-state index contributed by atoms with van der Waals surface area (Å²) in [6, 6.07) is 15.8. The molecule has 2 aromatic carbocycles. The van der Waals surface area contributed by atoms with E-state index >= 15 is 0 Å². The molecule has 0 aliphatic rings. The predicted molar refractivity (Wildman–Crippen MR) is 82.6 cm³/mol. The number of aryl methyl sites for hydroxylation is 1. The maximum atomic E-state index is 5.79. The first-order valence-electron chi connectivity index (χ1n) is 6.92. The molecule has 0 aliphatic heterocycles. The molecule has 0 aliphatic carbocycles. The second kappa shape index (κ2) is 7.39. The molecule has 0 aromatic heterocycles. The van der Waals surface area contributed by atoms with Crippen molar-refractivity contribution in [3.8, 4) is 17.2 Å². The quantitative estimate of drug-likeness (QED) is 0.520. The Morgan fingerprint density at radius 2 is 1.45 bits per heavy atom. The van der Waals surface area contributed by atoms with Gasteiger partial charge in [-0.1, -0.05) is 25.1 Å². The molecule has 2 heteroatoms. The summed E-state index contributed by atoms with van der Waals surface area (Å²) in [7, 11) is 0. The van der Waals surface area contributed by atoms with Crippen LogP contribution < -0.4 is 9.47 Å². The third kappa shape index (κ3) is 4.16. The average molecular weight is 268 g/mol. The normalized spacial score (nSPS) is 10.1. The van der Waals surface area contributed by atoms with Crippen LogP contribution in [0, 0.1) is 0 Å². The zero-order chi connectivity index (χ0) is 14.2. The Bertz CT molecular complexity index is 526. The molecule has 0 radical (unpaired) electrons. The van der Waals surface area contributed by atoms with Gasteiger partial charge in [-0.15, -0.1) is 6.58 Å². The van der Waals surface area contributed by atoms with E-state index in [2.05, 4.69) is 25.6 Å². The van der Waals surface area contributed by atoms with Gasteiger partial charge in [0.15, 0.2) is 0 Å². The van der Waals surface area contributed by atoms with Crippen LogP contribution in [0.2, 0.25) is 0 Å². The molecule has 0 bridgehead atoms. The molecule has 0 saturated carbocycles. The summed E-state index contributed by atoms with van der Waals surface area (Å²) < 4.78 is 11.3. The summed E-state index contributed by atoms with van der Waals surface area (Å²) in [5, 5.41) is 0. The minimum atomic E-state index is 0.655. The van der Waals surface area contributed by atoms with Gasteiger partial charge in [-0.3, -0.25) is 0 Å². The topological polar surface area (TPSA) is 18.5 Å². The summed E-state index contributed by atoms with van der Waals surface area (Å²) >= 11 is 0.